The molecule has 30 heteroatoms. The average molecular weight is 1740 g/mol. The molecule has 420 valence electrons. The number of carboxylic acids is 2. The van der Waals surface area contributed by atoms with E-state index < -0.39 is 95.8 Å². The van der Waals surface area contributed by atoms with Crippen LogP contribution >= 0.6 is 136 Å². The number of rotatable bonds is 24. The lowest BCUT2D eigenvalue weighted by Crippen LogP contribution is -2.45. The minimum absolute atomic E-state index is 0.000246. The molecule has 4 amide bonds. The number of carbonyl (C=O) groups excluding carboxylic acids is 10. The summed E-state index contributed by atoms with van der Waals surface area (Å²) < 4.78 is 33.2. The van der Waals surface area contributed by atoms with Crippen LogP contribution in [0.3, 0.4) is 0 Å². The Morgan fingerprint density at radius 3 is 1.00 bits per heavy atom. The van der Waals surface area contributed by atoms with Gasteiger partial charge in [0.15, 0.2) is 24.4 Å². The molecule has 0 saturated carbocycles. The third kappa shape index (κ3) is 22.7. The number of hydrogen-bond donors (Lipinski definition) is 4. The highest BCUT2D eigenvalue weighted by Gasteiger charge is 2.36. The van der Waals surface area contributed by atoms with Crippen molar-refractivity contribution in [3.63, 3.8) is 0 Å². The van der Waals surface area contributed by atoms with Crippen LogP contribution in [0, 0.1) is 21.4 Å². The lowest BCUT2D eigenvalue weighted by molar-refractivity contribution is -0.152. The van der Waals surface area contributed by atoms with E-state index in [4.69, 9.17) is 33.5 Å². The van der Waals surface area contributed by atoms with Gasteiger partial charge in [0.05, 0.1) is 43.0 Å². The van der Waals surface area contributed by atoms with Crippen molar-refractivity contribution in [3.05, 3.63) is 32.5 Å². The normalized spacial score (nSPS) is 12.1. The van der Waals surface area contributed by atoms with Crippen molar-refractivity contribution in [2.24, 2.45) is 0 Å². The summed E-state index contributed by atoms with van der Waals surface area (Å²) in [7, 11) is 0. The molecule has 0 aliphatic heterocycles. The quantitative estimate of drug-likeness (QED) is 0.0494. The van der Waals surface area contributed by atoms with E-state index in [0.29, 0.717) is 43.9 Å². The molecule has 0 spiro atoms. The molecule has 4 atom stereocenters. The smallest absolute Gasteiger partial charge is 0.303 e. The predicted octanol–water partition coefficient (Wildman–Crippen LogP) is 6.51. The number of benzene rings is 2. The third-order valence-corrected chi connectivity index (χ3v) is 16.4. The summed E-state index contributed by atoms with van der Waals surface area (Å²) in [5.41, 5.74) is 2.25. The molecule has 0 radical (unpaired) electrons. The summed E-state index contributed by atoms with van der Waals surface area (Å²) in [6, 6.07) is 0. The van der Waals surface area contributed by atoms with Crippen LogP contribution in [0.15, 0.2) is 0 Å². The molecular formula is C46H54I6N4O20. The van der Waals surface area contributed by atoms with Gasteiger partial charge < -0.3 is 59.1 Å². The number of nitrogens with zero attached hydrogens (tertiary/aromatic N) is 2. The van der Waals surface area contributed by atoms with Gasteiger partial charge in [0.1, 0.15) is 13.2 Å². The van der Waals surface area contributed by atoms with Gasteiger partial charge in [-0.3, -0.25) is 57.5 Å². The fraction of sp³-hybridized carbons (Fsp3) is 0.478. The Bertz CT molecular complexity index is 2450. The van der Waals surface area contributed by atoms with Gasteiger partial charge in [0.25, 0.3) is 23.6 Å². The van der Waals surface area contributed by atoms with Crippen LogP contribution in [-0.4, -0.2) is 132 Å². The van der Waals surface area contributed by atoms with Crippen molar-refractivity contribution in [2.75, 3.05) is 46.7 Å². The van der Waals surface area contributed by atoms with E-state index in [0.717, 1.165) is 13.8 Å². The Hall–Kier alpha value is -3.54. The van der Waals surface area contributed by atoms with Crippen molar-refractivity contribution < 1.29 is 96.2 Å². The van der Waals surface area contributed by atoms with Crippen LogP contribution in [0.4, 0.5) is 22.7 Å². The molecule has 0 aliphatic rings. The number of halogens is 6. The van der Waals surface area contributed by atoms with Gasteiger partial charge in [-0.25, -0.2) is 0 Å². The molecule has 0 aliphatic carbocycles. The Morgan fingerprint density at radius 1 is 0.434 bits per heavy atom. The Labute approximate surface area is 518 Å². The SMILES string of the molecule is CC(=O)OC(C)C(=O)Nc1c(I)c(CCC(=O)O)c(I)c(NC(=O)C(C)OC(C)=O)c1I.CC(=O)OCCN(C(=O)C(C)OC(C)=O)c1c(I)c(CCC(=O)O)c(I)c(N(CCOC(C)=O)C(=O)C(C)OC(C)=O)c1I. The van der Waals surface area contributed by atoms with E-state index in [1.165, 1.54) is 65.2 Å². The monoisotopic (exact) mass is 1740 g/mol. The number of ether oxygens (including phenoxy) is 6. The largest absolute Gasteiger partial charge is 0.481 e. The van der Waals surface area contributed by atoms with E-state index in [1.807, 2.05) is 136 Å². The minimum atomic E-state index is -1.26. The standard InChI is InChI=1S/C27H33I3N2O12.C19H21I3N2O8/c1-13(43-17(5)35)26(39)31(9-11-41-15(3)33)24-21(28)19(7-8-20(37)38)22(29)25(23(24)30)32(10-12-42-16(4)34)27(40)14(2)44-18(6)36;1-7(31-9(3)25)18(29)23-16-13(20)11(5-6-12(27)28)14(21)17(15(16)22)24-19(30)8(2)32-10(4)26/h13-14H,7-12H2,1-6H3,(H,37,38);7-8H,5-6H2,1-4H3,(H,23,29)(H,24,30)(H,27,28). The molecule has 0 fully saturated rings. The minimum Gasteiger partial charge on any atom is -0.481 e. The Kier molecular flexibility index (Phi) is 31.3. The van der Waals surface area contributed by atoms with Crippen molar-refractivity contribution in [3.8, 4) is 0 Å². The predicted molar refractivity (Wildman–Crippen MR) is 321 cm³/mol. The Balaban J connectivity index is 0.000000799. The molecule has 0 heterocycles. The van der Waals surface area contributed by atoms with E-state index in [1.54, 1.807) is 0 Å². The summed E-state index contributed by atoms with van der Waals surface area (Å²) in [6.07, 6.45) is -4.96. The first-order valence-electron chi connectivity index (χ1n) is 22.2. The van der Waals surface area contributed by atoms with Crippen molar-refractivity contribution in [1.82, 2.24) is 0 Å². The van der Waals surface area contributed by atoms with Gasteiger partial charge in [-0.1, -0.05) is 0 Å². The maximum absolute atomic E-state index is 13.7. The zero-order valence-electron chi connectivity index (χ0n) is 42.4. The van der Waals surface area contributed by atoms with Crippen LogP contribution in [0.25, 0.3) is 0 Å². The molecule has 0 saturated heterocycles. The first-order valence-corrected chi connectivity index (χ1v) is 28.7. The number of anilines is 4. The van der Waals surface area contributed by atoms with Crippen LogP contribution in [0.2, 0.25) is 0 Å². The highest BCUT2D eigenvalue weighted by atomic mass is 127. The molecular weight excluding hydrogens is 1690 g/mol. The fourth-order valence-corrected chi connectivity index (χ4v) is 15.4. The summed E-state index contributed by atoms with van der Waals surface area (Å²) in [5, 5.41) is 24.0. The molecule has 2 aromatic carbocycles. The summed E-state index contributed by atoms with van der Waals surface area (Å²) in [4.78, 5) is 146. The fourth-order valence-electron chi connectivity index (χ4n) is 6.32. The maximum Gasteiger partial charge on any atom is 0.303 e. The van der Waals surface area contributed by atoms with Crippen LogP contribution in [0.1, 0.15) is 93.2 Å². The molecule has 2 aromatic rings. The van der Waals surface area contributed by atoms with E-state index >= 15 is 0 Å². The summed E-state index contributed by atoms with van der Waals surface area (Å²) >= 11 is 11.8. The zero-order chi connectivity index (χ0) is 58.6. The van der Waals surface area contributed by atoms with Crippen molar-refractivity contribution in [1.29, 1.82) is 0 Å². The van der Waals surface area contributed by atoms with Gasteiger partial charge in [-0.05, 0) is 187 Å². The molecule has 0 aromatic heterocycles. The van der Waals surface area contributed by atoms with E-state index in [-0.39, 0.29) is 63.4 Å². The number of carboxylic acid groups (broad SMARTS) is 2. The molecule has 0 bridgehead atoms. The summed E-state index contributed by atoms with van der Waals surface area (Å²) in [6.45, 7) is 11.8. The highest BCUT2D eigenvalue weighted by molar-refractivity contribution is 14.1. The number of carbonyl (C=O) groups is 12. The van der Waals surface area contributed by atoms with Gasteiger partial charge in [-0.15, -0.1) is 0 Å². The molecule has 4 unspecified atom stereocenters. The van der Waals surface area contributed by atoms with Gasteiger partial charge in [0, 0.05) is 68.7 Å². The topological polar surface area (TPSA) is 331 Å². The second-order valence-corrected chi connectivity index (χ2v) is 22.2. The second-order valence-electron chi connectivity index (χ2n) is 15.7. The van der Waals surface area contributed by atoms with Crippen LogP contribution < -0.4 is 20.4 Å². The molecule has 4 N–H and O–H groups in total. The van der Waals surface area contributed by atoms with Crippen LogP contribution in [-0.2, 0) is 98.8 Å². The number of aliphatic carboxylic acids is 2. The first kappa shape index (κ1) is 70.5. The Morgan fingerprint density at radius 2 is 0.724 bits per heavy atom. The number of amides is 4. The van der Waals surface area contributed by atoms with Crippen molar-refractivity contribution in [2.45, 2.75) is 119 Å². The number of nitrogens with one attached hydrogen (secondary N) is 2. The van der Waals surface area contributed by atoms with E-state index in [2.05, 4.69) is 10.6 Å². The second kappa shape index (κ2) is 33.8. The van der Waals surface area contributed by atoms with Gasteiger partial charge >= 0.3 is 47.8 Å². The number of esters is 6. The van der Waals surface area contributed by atoms with Crippen LogP contribution in [0.5, 0.6) is 0 Å². The first-order chi connectivity index (χ1) is 35.2. The highest BCUT2D eigenvalue weighted by Crippen LogP contribution is 2.44. The van der Waals surface area contributed by atoms with Gasteiger partial charge in [0.2, 0.25) is 0 Å². The van der Waals surface area contributed by atoms with Crippen molar-refractivity contribution >= 4 is 230 Å². The van der Waals surface area contributed by atoms with E-state index in [9.17, 15) is 62.6 Å². The van der Waals surface area contributed by atoms with Gasteiger partial charge in [-0.2, -0.15) is 0 Å². The molecule has 2 rings (SSSR count). The number of hydrogen-bond acceptors (Lipinski definition) is 18. The summed E-state index contributed by atoms with van der Waals surface area (Å²) in [5.74, 6) is -8.46. The maximum atomic E-state index is 13.7. The lowest BCUT2D eigenvalue weighted by atomic mass is 10.1. The molecule has 24 nitrogen and oxygen atoms in total. The molecule has 76 heavy (non-hydrogen) atoms. The third-order valence-electron chi connectivity index (χ3n) is 9.56. The zero-order valence-corrected chi connectivity index (χ0v) is 55.3. The average Bonchev–Trinajstić information content (AvgIpc) is 3.28. The lowest BCUT2D eigenvalue weighted by Gasteiger charge is -2.33.